The Morgan fingerprint density at radius 3 is 3.00 bits per heavy atom. The van der Waals surface area contributed by atoms with Crippen molar-refractivity contribution >= 4 is 5.69 Å². The Balaban J connectivity index is 2.03. The van der Waals surface area contributed by atoms with Gasteiger partial charge in [-0.2, -0.15) is 0 Å². The zero-order valence-electron chi connectivity index (χ0n) is 11.8. The number of rotatable bonds is 5. The van der Waals surface area contributed by atoms with Crippen LogP contribution < -0.4 is 10.1 Å². The molecule has 6 nitrogen and oxygen atoms in total. The number of methoxy groups -OCH3 is 1. The van der Waals surface area contributed by atoms with Gasteiger partial charge in [-0.05, 0) is 25.8 Å². The van der Waals surface area contributed by atoms with Crippen LogP contribution >= 0.6 is 0 Å². The fourth-order valence-corrected chi connectivity index (χ4v) is 2.45. The molecule has 1 aromatic carbocycles. The topological polar surface area (TPSA) is 73.6 Å². The van der Waals surface area contributed by atoms with Gasteiger partial charge in [0.25, 0.3) is 5.69 Å². The first-order valence-corrected chi connectivity index (χ1v) is 6.76. The second kappa shape index (κ2) is 6.67. The van der Waals surface area contributed by atoms with Crippen molar-refractivity contribution in [3.63, 3.8) is 0 Å². The lowest BCUT2D eigenvalue weighted by Gasteiger charge is -2.28. The molecule has 1 fully saturated rings. The molecule has 1 N–H and O–H groups in total. The summed E-state index contributed by atoms with van der Waals surface area (Å²) >= 11 is 0. The minimum Gasteiger partial charge on any atom is -0.496 e. The first-order valence-electron chi connectivity index (χ1n) is 6.76. The van der Waals surface area contributed by atoms with E-state index in [1.54, 1.807) is 19.2 Å². The summed E-state index contributed by atoms with van der Waals surface area (Å²) in [4.78, 5) is 10.4. The first kappa shape index (κ1) is 14.7. The van der Waals surface area contributed by atoms with Crippen molar-refractivity contribution in [2.24, 2.45) is 0 Å². The fraction of sp³-hybridized carbons (Fsp3) is 0.571. The number of nitrogens with one attached hydrogen (secondary N) is 1. The van der Waals surface area contributed by atoms with Crippen LogP contribution in [0.5, 0.6) is 5.75 Å². The first-order chi connectivity index (χ1) is 9.60. The largest absolute Gasteiger partial charge is 0.496 e. The Labute approximate surface area is 118 Å². The molecule has 0 spiro atoms. The van der Waals surface area contributed by atoms with Gasteiger partial charge >= 0.3 is 0 Å². The predicted octanol–water partition coefficient (Wildman–Crippen LogP) is 2.26. The average Bonchev–Trinajstić information content (AvgIpc) is 2.44. The van der Waals surface area contributed by atoms with Gasteiger partial charge in [0.15, 0.2) is 0 Å². The molecule has 1 saturated heterocycles. The number of nitrogens with zero attached hydrogens (tertiary/aromatic N) is 1. The summed E-state index contributed by atoms with van der Waals surface area (Å²) in [5, 5.41) is 14.3. The molecule has 0 radical (unpaired) electrons. The Morgan fingerprint density at radius 2 is 2.35 bits per heavy atom. The van der Waals surface area contributed by atoms with Crippen LogP contribution in [0.3, 0.4) is 0 Å². The van der Waals surface area contributed by atoms with Crippen molar-refractivity contribution in [2.45, 2.75) is 38.5 Å². The summed E-state index contributed by atoms with van der Waals surface area (Å²) in [6, 6.07) is 5.04. The van der Waals surface area contributed by atoms with Gasteiger partial charge in [0.1, 0.15) is 5.75 Å². The molecule has 20 heavy (non-hydrogen) atoms. The maximum atomic E-state index is 10.8. The Hall–Kier alpha value is -1.66. The van der Waals surface area contributed by atoms with Crippen molar-refractivity contribution in [3.05, 3.63) is 33.9 Å². The molecule has 1 aromatic rings. The smallest absolute Gasteiger partial charge is 0.270 e. The highest BCUT2D eigenvalue weighted by Crippen LogP contribution is 2.24. The van der Waals surface area contributed by atoms with Gasteiger partial charge in [0.05, 0.1) is 18.1 Å². The standard InChI is InChI=1S/C14H20N2O4/c1-10-7-12(5-6-20-10)15-9-11-8-13(16(17)18)3-4-14(11)19-2/h3-4,8,10,12,15H,5-7,9H2,1-2H3. The summed E-state index contributed by atoms with van der Waals surface area (Å²) in [5.41, 5.74) is 0.892. The van der Waals surface area contributed by atoms with Crippen LogP contribution in [0, 0.1) is 10.1 Å². The third kappa shape index (κ3) is 3.68. The van der Waals surface area contributed by atoms with E-state index >= 15 is 0 Å². The van der Waals surface area contributed by atoms with Crippen LogP contribution in [0.1, 0.15) is 25.3 Å². The van der Waals surface area contributed by atoms with Gasteiger partial charge in [-0.3, -0.25) is 10.1 Å². The second-order valence-electron chi connectivity index (χ2n) is 5.04. The van der Waals surface area contributed by atoms with Gasteiger partial charge in [-0.25, -0.2) is 0 Å². The van der Waals surface area contributed by atoms with Crippen LogP contribution in [0.15, 0.2) is 18.2 Å². The molecule has 0 bridgehead atoms. The Bertz CT molecular complexity index is 478. The summed E-state index contributed by atoms with van der Waals surface area (Å²) in [7, 11) is 1.57. The lowest BCUT2D eigenvalue weighted by atomic mass is 10.0. The maximum absolute atomic E-state index is 10.8. The van der Waals surface area contributed by atoms with Crippen molar-refractivity contribution in [3.8, 4) is 5.75 Å². The molecule has 1 aliphatic heterocycles. The molecule has 6 heteroatoms. The van der Waals surface area contributed by atoms with E-state index in [-0.39, 0.29) is 16.7 Å². The van der Waals surface area contributed by atoms with Crippen LogP contribution in [0.2, 0.25) is 0 Å². The quantitative estimate of drug-likeness (QED) is 0.661. The monoisotopic (exact) mass is 280 g/mol. The molecule has 0 aromatic heterocycles. The summed E-state index contributed by atoms with van der Waals surface area (Å²) in [5.74, 6) is 0.670. The Kier molecular flexibility index (Phi) is 4.92. The molecular weight excluding hydrogens is 260 g/mol. The van der Waals surface area contributed by atoms with Gasteiger partial charge in [-0.1, -0.05) is 0 Å². The highest BCUT2D eigenvalue weighted by Gasteiger charge is 2.19. The van der Waals surface area contributed by atoms with E-state index < -0.39 is 0 Å². The Morgan fingerprint density at radius 1 is 1.55 bits per heavy atom. The van der Waals surface area contributed by atoms with Crippen molar-refractivity contribution in [2.75, 3.05) is 13.7 Å². The SMILES string of the molecule is COc1ccc([N+](=O)[O-])cc1CNC1CCOC(C)C1. The number of nitro groups is 1. The third-order valence-corrected chi connectivity index (χ3v) is 3.54. The number of hydrogen-bond acceptors (Lipinski definition) is 5. The minimum atomic E-state index is -0.389. The van der Waals surface area contributed by atoms with Gasteiger partial charge < -0.3 is 14.8 Å². The molecule has 0 saturated carbocycles. The normalized spacial score (nSPS) is 22.5. The lowest BCUT2D eigenvalue weighted by molar-refractivity contribution is -0.384. The maximum Gasteiger partial charge on any atom is 0.270 e. The molecule has 1 heterocycles. The molecule has 110 valence electrons. The van der Waals surface area contributed by atoms with E-state index in [0.29, 0.717) is 18.3 Å². The van der Waals surface area contributed by atoms with Gasteiger partial charge in [0, 0.05) is 36.9 Å². The molecular formula is C14H20N2O4. The molecule has 2 atom stereocenters. The van der Waals surface area contributed by atoms with E-state index in [2.05, 4.69) is 12.2 Å². The van der Waals surface area contributed by atoms with Crippen LogP contribution in [0.4, 0.5) is 5.69 Å². The van der Waals surface area contributed by atoms with E-state index in [9.17, 15) is 10.1 Å². The molecule has 0 aliphatic carbocycles. The van der Waals surface area contributed by atoms with E-state index in [1.165, 1.54) is 6.07 Å². The van der Waals surface area contributed by atoms with E-state index in [4.69, 9.17) is 9.47 Å². The second-order valence-corrected chi connectivity index (χ2v) is 5.04. The predicted molar refractivity (Wildman–Crippen MR) is 74.9 cm³/mol. The highest BCUT2D eigenvalue weighted by atomic mass is 16.6. The van der Waals surface area contributed by atoms with Crippen LogP contribution in [-0.4, -0.2) is 30.8 Å². The summed E-state index contributed by atoms with van der Waals surface area (Å²) in [6.45, 7) is 3.37. The number of non-ortho nitro benzene ring substituents is 1. The summed E-state index contributed by atoms with van der Waals surface area (Å²) in [6.07, 6.45) is 2.17. The third-order valence-electron chi connectivity index (χ3n) is 3.54. The molecule has 2 unspecified atom stereocenters. The van der Waals surface area contributed by atoms with Gasteiger partial charge in [-0.15, -0.1) is 0 Å². The number of nitro benzene ring substituents is 1. The highest BCUT2D eigenvalue weighted by molar-refractivity contribution is 5.43. The van der Waals surface area contributed by atoms with Crippen LogP contribution in [-0.2, 0) is 11.3 Å². The molecule has 0 amide bonds. The van der Waals surface area contributed by atoms with E-state index in [1.807, 2.05) is 0 Å². The zero-order valence-corrected chi connectivity index (χ0v) is 11.8. The molecule has 2 rings (SSSR count). The fourth-order valence-electron chi connectivity index (χ4n) is 2.45. The van der Waals surface area contributed by atoms with Crippen molar-refractivity contribution in [1.29, 1.82) is 0 Å². The lowest BCUT2D eigenvalue weighted by Crippen LogP contribution is -2.37. The minimum absolute atomic E-state index is 0.0861. The van der Waals surface area contributed by atoms with E-state index in [0.717, 1.165) is 25.0 Å². The average molecular weight is 280 g/mol. The van der Waals surface area contributed by atoms with Crippen LogP contribution in [0.25, 0.3) is 0 Å². The number of benzene rings is 1. The summed E-state index contributed by atoms with van der Waals surface area (Å²) < 4.78 is 10.8. The molecule has 1 aliphatic rings. The zero-order chi connectivity index (χ0) is 14.5. The number of hydrogen-bond donors (Lipinski definition) is 1. The van der Waals surface area contributed by atoms with Gasteiger partial charge in [0.2, 0.25) is 0 Å². The number of ether oxygens (including phenoxy) is 2. The van der Waals surface area contributed by atoms with Crippen molar-refractivity contribution in [1.82, 2.24) is 5.32 Å². The van der Waals surface area contributed by atoms with Crippen molar-refractivity contribution < 1.29 is 14.4 Å².